The summed E-state index contributed by atoms with van der Waals surface area (Å²) in [7, 11) is 1.69. The van der Waals surface area contributed by atoms with E-state index in [0.717, 1.165) is 23.8 Å². The van der Waals surface area contributed by atoms with Gasteiger partial charge in [0, 0.05) is 12.6 Å². The molecule has 0 fully saturated rings. The quantitative estimate of drug-likeness (QED) is 0.749. The second kappa shape index (κ2) is 6.65. The van der Waals surface area contributed by atoms with Crippen LogP contribution in [0.3, 0.4) is 0 Å². The van der Waals surface area contributed by atoms with Crippen LogP contribution >= 0.6 is 0 Å². The highest BCUT2D eigenvalue weighted by Gasteiger charge is 2.13. The van der Waals surface area contributed by atoms with Crippen molar-refractivity contribution in [1.29, 1.82) is 0 Å². The fraction of sp³-hybridized carbons (Fsp3) is 0.238. The van der Waals surface area contributed by atoms with Gasteiger partial charge in [0.2, 0.25) is 6.79 Å². The van der Waals surface area contributed by atoms with Gasteiger partial charge < -0.3 is 19.5 Å². The molecule has 0 spiro atoms. The molecule has 1 aliphatic rings. The Morgan fingerprint density at radius 3 is 2.64 bits per heavy atom. The van der Waals surface area contributed by atoms with Crippen LogP contribution in [0.2, 0.25) is 0 Å². The minimum Gasteiger partial charge on any atom is -0.497 e. The van der Waals surface area contributed by atoms with E-state index in [4.69, 9.17) is 14.2 Å². The third kappa shape index (κ3) is 3.26. The van der Waals surface area contributed by atoms with Gasteiger partial charge in [0.25, 0.3) is 0 Å². The molecule has 0 saturated heterocycles. The van der Waals surface area contributed by atoms with Crippen LogP contribution in [0, 0.1) is 0 Å². The van der Waals surface area contributed by atoms with E-state index in [1.54, 1.807) is 7.11 Å². The SMILES string of the molecule is COc1ccc2cc(C(C)NCc3ccc4c(c3)OCO4)ccc2c1. The van der Waals surface area contributed by atoms with Gasteiger partial charge in [-0.15, -0.1) is 0 Å². The van der Waals surface area contributed by atoms with E-state index in [9.17, 15) is 0 Å². The summed E-state index contributed by atoms with van der Waals surface area (Å²) < 4.78 is 16.1. The monoisotopic (exact) mass is 335 g/mol. The van der Waals surface area contributed by atoms with Crippen LogP contribution in [0.1, 0.15) is 24.1 Å². The number of hydrogen-bond acceptors (Lipinski definition) is 4. The van der Waals surface area contributed by atoms with Crippen molar-refractivity contribution in [2.45, 2.75) is 19.5 Å². The molecule has 3 aromatic rings. The second-order valence-corrected chi connectivity index (χ2v) is 6.26. The van der Waals surface area contributed by atoms with Crippen molar-refractivity contribution in [3.8, 4) is 17.2 Å². The molecule has 3 aromatic carbocycles. The molecule has 1 unspecified atom stereocenters. The maximum Gasteiger partial charge on any atom is 0.231 e. The summed E-state index contributed by atoms with van der Waals surface area (Å²) >= 11 is 0. The van der Waals surface area contributed by atoms with Gasteiger partial charge in [-0.25, -0.2) is 0 Å². The Morgan fingerprint density at radius 1 is 0.960 bits per heavy atom. The molecular formula is C21H21NO3. The average Bonchev–Trinajstić information content (AvgIpc) is 3.13. The Bertz CT molecular complexity index is 907. The van der Waals surface area contributed by atoms with Gasteiger partial charge in [0.1, 0.15) is 5.75 Å². The highest BCUT2D eigenvalue weighted by molar-refractivity contribution is 5.84. The fourth-order valence-electron chi connectivity index (χ4n) is 3.08. The number of nitrogens with one attached hydrogen (secondary N) is 1. The van der Waals surface area contributed by atoms with Crippen LogP contribution in [0.25, 0.3) is 10.8 Å². The first kappa shape index (κ1) is 15.8. The molecule has 25 heavy (non-hydrogen) atoms. The molecule has 0 bridgehead atoms. The molecule has 0 aliphatic carbocycles. The van der Waals surface area contributed by atoms with Gasteiger partial charge in [-0.1, -0.05) is 24.3 Å². The van der Waals surface area contributed by atoms with Crippen molar-refractivity contribution >= 4 is 10.8 Å². The van der Waals surface area contributed by atoms with Crippen molar-refractivity contribution in [1.82, 2.24) is 5.32 Å². The molecule has 4 rings (SSSR count). The molecule has 0 aromatic heterocycles. The topological polar surface area (TPSA) is 39.7 Å². The molecule has 4 heteroatoms. The van der Waals surface area contributed by atoms with Gasteiger partial charge in [-0.05, 0) is 59.2 Å². The maximum atomic E-state index is 5.44. The van der Waals surface area contributed by atoms with E-state index in [1.165, 1.54) is 21.9 Å². The summed E-state index contributed by atoms with van der Waals surface area (Å²) in [6, 6.07) is 19.0. The standard InChI is InChI=1S/C21H21NO3/c1-14(22-12-15-3-8-20-21(9-15)25-13-24-20)16-4-5-18-11-19(23-2)7-6-17(18)10-16/h3-11,14,22H,12-13H2,1-2H3. The van der Waals surface area contributed by atoms with Gasteiger partial charge in [-0.2, -0.15) is 0 Å². The van der Waals surface area contributed by atoms with E-state index in [0.29, 0.717) is 6.79 Å². The Labute approximate surface area is 147 Å². The lowest BCUT2D eigenvalue weighted by Gasteiger charge is -2.15. The minimum absolute atomic E-state index is 0.247. The van der Waals surface area contributed by atoms with Crippen molar-refractivity contribution in [3.63, 3.8) is 0 Å². The van der Waals surface area contributed by atoms with Crippen molar-refractivity contribution in [2.24, 2.45) is 0 Å². The fourth-order valence-corrected chi connectivity index (χ4v) is 3.08. The lowest BCUT2D eigenvalue weighted by Crippen LogP contribution is -2.18. The van der Waals surface area contributed by atoms with Crippen LogP contribution in [0.4, 0.5) is 0 Å². The number of hydrogen-bond donors (Lipinski definition) is 1. The van der Waals surface area contributed by atoms with Crippen molar-refractivity contribution < 1.29 is 14.2 Å². The number of benzene rings is 3. The Morgan fingerprint density at radius 2 is 1.76 bits per heavy atom. The Balaban J connectivity index is 1.47. The first-order valence-electron chi connectivity index (χ1n) is 8.42. The second-order valence-electron chi connectivity index (χ2n) is 6.26. The van der Waals surface area contributed by atoms with Gasteiger partial charge in [0.05, 0.1) is 7.11 Å². The molecule has 1 aliphatic heterocycles. The number of ether oxygens (including phenoxy) is 3. The first-order chi connectivity index (χ1) is 12.2. The maximum absolute atomic E-state index is 5.44. The van der Waals surface area contributed by atoms with Crippen LogP contribution in [-0.2, 0) is 6.54 Å². The van der Waals surface area contributed by atoms with Gasteiger partial charge >= 0.3 is 0 Å². The molecule has 0 amide bonds. The lowest BCUT2D eigenvalue weighted by atomic mass is 10.0. The van der Waals surface area contributed by atoms with Crippen LogP contribution in [-0.4, -0.2) is 13.9 Å². The minimum atomic E-state index is 0.247. The Hall–Kier alpha value is -2.72. The number of methoxy groups -OCH3 is 1. The largest absolute Gasteiger partial charge is 0.497 e. The van der Waals surface area contributed by atoms with Crippen LogP contribution in [0.5, 0.6) is 17.2 Å². The van der Waals surface area contributed by atoms with E-state index in [2.05, 4.69) is 48.6 Å². The van der Waals surface area contributed by atoms with Gasteiger partial charge in [0.15, 0.2) is 11.5 Å². The van der Waals surface area contributed by atoms with Crippen molar-refractivity contribution in [2.75, 3.05) is 13.9 Å². The van der Waals surface area contributed by atoms with E-state index < -0.39 is 0 Å². The smallest absolute Gasteiger partial charge is 0.231 e. The van der Waals surface area contributed by atoms with E-state index in [1.807, 2.05) is 18.2 Å². The molecular weight excluding hydrogens is 314 g/mol. The molecule has 0 saturated carbocycles. The van der Waals surface area contributed by atoms with E-state index in [-0.39, 0.29) is 6.04 Å². The summed E-state index contributed by atoms with van der Waals surface area (Å²) in [6.07, 6.45) is 0. The summed E-state index contributed by atoms with van der Waals surface area (Å²) in [5.74, 6) is 2.53. The summed E-state index contributed by atoms with van der Waals surface area (Å²) in [5, 5.41) is 5.98. The predicted octanol–water partition coefficient (Wildman–Crippen LogP) is 4.43. The van der Waals surface area contributed by atoms with Crippen LogP contribution in [0.15, 0.2) is 54.6 Å². The normalized spacial score (nSPS) is 13.8. The predicted molar refractivity (Wildman–Crippen MR) is 98.3 cm³/mol. The number of fused-ring (bicyclic) bond motifs is 2. The molecule has 1 N–H and O–H groups in total. The molecule has 1 heterocycles. The highest BCUT2D eigenvalue weighted by atomic mass is 16.7. The van der Waals surface area contributed by atoms with E-state index >= 15 is 0 Å². The Kier molecular flexibility index (Phi) is 4.20. The zero-order valence-electron chi connectivity index (χ0n) is 14.4. The third-order valence-corrected chi connectivity index (χ3v) is 4.62. The summed E-state index contributed by atoms with van der Waals surface area (Å²) in [5.41, 5.74) is 2.44. The molecule has 1 atom stereocenters. The molecule has 128 valence electrons. The zero-order valence-corrected chi connectivity index (χ0v) is 14.4. The van der Waals surface area contributed by atoms with Crippen LogP contribution < -0.4 is 19.5 Å². The summed E-state index contributed by atoms with van der Waals surface area (Å²) in [4.78, 5) is 0. The first-order valence-corrected chi connectivity index (χ1v) is 8.42. The number of rotatable bonds is 5. The highest BCUT2D eigenvalue weighted by Crippen LogP contribution is 2.32. The third-order valence-electron chi connectivity index (χ3n) is 4.62. The average molecular weight is 335 g/mol. The van der Waals surface area contributed by atoms with Gasteiger partial charge in [-0.3, -0.25) is 0 Å². The van der Waals surface area contributed by atoms with Crippen molar-refractivity contribution in [3.05, 3.63) is 65.7 Å². The summed E-state index contributed by atoms with van der Waals surface area (Å²) in [6.45, 7) is 3.26. The molecule has 0 radical (unpaired) electrons. The molecule has 4 nitrogen and oxygen atoms in total. The lowest BCUT2D eigenvalue weighted by molar-refractivity contribution is 0.174. The zero-order chi connectivity index (χ0) is 17.2.